The highest BCUT2D eigenvalue weighted by Gasteiger charge is 2.07. The van der Waals surface area contributed by atoms with Gasteiger partial charge in [-0.1, -0.05) is 30.0 Å². The Morgan fingerprint density at radius 2 is 2.00 bits per heavy atom. The number of carbonyl (C=O) groups excluding carboxylic acids is 1. The summed E-state index contributed by atoms with van der Waals surface area (Å²) in [5, 5.41) is 0.884. The van der Waals surface area contributed by atoms with E-state index in [0.29, 0.717) is 12.2 Å². The molecule has 0 fully saturated rings. The van der Waals surface area contributed by atoms with Crippen LogP contribution in [0.25, 0.3) is 0 Å². The van der Waals surface area contributed by atoms with E-state index in [4.69, 9.17) is 0 Å². The summed E-state index contributed by atoms with van der Waals surface area (Å²) in [6.07, 6.45) is 2.05. The van der Waals surface area contributed by atoms with E-state index in [1.807, 2.05) is 19.1 Å². The SMILES string of the molecule is Cc1cccnc1SCC(=O)Cc1ccc(F)cc1. The number of Topliss-reactive ketones (excluding diaryl/α,β-unsaturated/α-hetero) is 1. The maximum Gasteiger partial charge on any atom is 0.147 e. The van der Waals surface area contributed by atoms with Gasteiger partial charge in [0.1, 0.15) is 11.6 Å². The fourth-order valence-electron chi connectivity index (χ4n) is 1.65. The maximum absolute atomic E-state index is 12.7. The first-order chi connectivity index (χ1) is 9.15. The minimum absolute atomic E-state index is 0.113. The summed E-state index contributed by atoms with van der Waals surface area (Å²) in [6, 6.07) is 9.88. The smallest absolute Gasteiger partial charge is 0.147 e. The molecule has 2 rings (SSSR count). The molecule has 0 saturated carbocycles. The third-order valence-electron chi connectivity index (χ3n) is 2.65. The molecule has 0 spiro atoms. The number of hydrogen-bond donors (Lipinski definition) is 0. The zero-order chi connectivity index (χ0) is 13.7. The Labute approximate surface area is 116 Å². The van der Waals surface area contributed by atoms with Gasteiger partial charge in [-0.3, -0.25) is 4.79 Å². The standard InChI is InChI=1S/C15H14FNOS/c1-11-3-2-8-17-15(11)19-10-14(18)9-12-4-6-13(16)7-5-12/h2-8H,9-10H2,1H3. The van der Waals surface area contributed by atoms with E-state index >= 15 is 0 Å². The molecule has 4 heteroatoms. The van der Waals surface area contributed by atoms with Gasteiger partial charge in [0, 0.05) is 12.6 Å². The molecule has 1 aromatic carbocycles. The zero-order valence-electron chi connectivity index (χ0n) is 10.6. The zero-order valence-corrected chi connectivity index (χ0v) is 11.4. The van der Waals surface area contributed by atoms with Crippen molar-refractivity contribution >= 4 is 17.5 Å². The molecule has 0 aliphatic heterocycles. The highest BCUT2D eigenvalue weighted by Crippen LogP contribution is 2.19. The molecule has 0 amide bonds. The van der Waals surface area contributed by atoms with Crippen LogP contribution in [0.5, 0.6) is 0 Å². The molecule has 19 heavy (non-hydrogen) atoms. The van der Waals surface area contributed by atoms with Gasteiger partial charge in [0.25, 0.3) is 0 Å². The van der Waals surface area contributed by atoms with Crippen LogP contribution in [0.1, 0.15) is 11.1 Å². The van der Waals surface area contributed by atoms with Crippen LogP contribution in [0.4, 0.5) is 4.39 Å². The van der Waals surface area contributed by atoms with Gasteiger partial charge >= 0.3 is 0 Å². The van der Waals surface area contributed by atoms with Crippen molar-refractivity contribution in [1.29, 1.82) is 0 Å². The van der Waals surface area contributed by atoms with Gasteiger partial charge in [-0.25, -0.2) is 9.37 Å². The van der Waals surface area contributed by atoms with E-state index in [2.05, 4.69) is 4.98 Å². The molecule has 0 bridgehead atoms. The molecule has 1 aromatic heterocycles. The monoisotopic (exact) mass is 275 g/mol. The summed E-state index contributed by atoms with van der Waals surface area (Å²) >= 11 is 1.44. The van der Waals surface area contributed by atoms with Crippen molar-refractivity contribution in [3.8, 4) is 0 Å². The highest BCUT2D eigenvalue weighted by molar-refractivity contribution is 7.99. The molecule has 0 saturated heterocycles. The van der Waals surface area contributed by atoms with Gasteiger partial charge < -0.3 is 0 Å². The Balaban J connectivity index is 1.88. The average Bonchev–Trinajstić information content (AvgIpc) is 2.40. The predicted octanol–water partition coefficient (Wildman–Crippen LogP) is 3.43. The molecule has 1 heterocycles. The van der Waals surface area contributed by atoms with Crippen LogP contribution in [0.15, 0.2) is 47.6 Å². The lowest BCUT2D eigenvalue weighted by Crippen LogP contribution is -2.06. The number of pyridine rings is 1. The lowest BCUT2D eigenvalue weighted by molar-refractivity contribution is -0.116. The predicted molar refractivity (Wildman–Crippen MR) is 74.8 cm³/mol. The number of aromatic nitrogens is 1. The van der Waals surface area contributed by atoms with Crippen molar-refractivity contribution in [3.05, 3.63) is 59.5 Å². The number of thioether (sulfide) groups is 1. The summed E-state index contributed by atoms with van der Waals surface area (Å²) < 4.78 is 12.7. The van der Waals surface area contributed by atoms with Gasteiger partial charge in [-0.15, -0.1) is 0 Å². The molecule has 0 unspecified atom stereocenters. The Kier molecular flexibility index (Phi) is 4.68. The summed E-state index contributed by atoms with van der Waals surface area (Å²) in [6.45, 7) is 1.97. The van der Waals surface area contributed by atoms with Crippen LogP contribution in [-0.4, -0.2) is 16.5 Å². The highest BCUT2D eigenvalue weighted by atomic mass is 32.2. The third-order valence-corrected chi connectivity index (χ3v) is 3.81. The van der Waals surface area contributed by atoms with E-state index in [1.165, 1.54) is 23.9 Å². The first-order valence-corrected chi connectivity index (χ1v) is 6.94. The van der Waals surface area contributed by atoms with Gasteiger partial charge in [-0.05, 0) is 36.2 Å². The fraction of sp³-hybridized carbons (Fsp3) is 0.200. The first kappa shape index (κ1) is 13.7. The lowest BCUT2D eigenvalue weighted by Gasteiger charge is -2.04. The van der Waals surface area contributed by atoms with Crippen molar-refractivity contribution in [1.82, 2.24) is 4.98 Å². The second-order valence-electron chi connectivity index (χ2n) is 4.26. The fourth-order valence-corrected chi connectivity index (χ4v) is 2.48. The van der Waals surface area contributed by atoms with Crippen LogP contribution in [0, 0.1) is 12.7 Å². The number of aryl methyl sites for hydroxylation is 1. The van der Waals surface area contributed by atoms with Gasteiger partial charge in [0.2, 0.25) is 0 Å². The molecule has 0 aliphatic carbocycles. The Morgan fingerprint density at radius 3 is 2.68 bits per heavy atom. The van der Waals surface area contributed by atoms with Crippen LogP contribution < -0.4 is 0 Å². The Morgan fingerprint density at radius 1 is 1.26 bits per heavy atom. The molecule has 0 aliphatic rings. The summed E-state index contributed by atoms with van der Waals surface area (Å²) in [4.78, 5) is 16.1. The Bertz CT molecular complexity index is 569. The van der Waals surface area contributed by atoms with Crippen molar-refractivity contribution in [2.75, 3.05) is 5.75 Å². The summed E-state index contributed by atoms with van der Waals surface area (Å²) in [7, 11) is 0. The number of benzene rings is 1. The summed E-state index contributed by atoms with van der Waals surface area (Å²) in [5.41, 5.74) is 1.91. The molecular weight excluding hydrogens is 261 g/mol. The normalized spacial score (nSPS) is 10.4. The molecule has 0 radical (unpaired) electrons. The van der Waals surface area contributed by atoms with Crippen LogP contribution in [0.3, 0.4) is 0 Å². The molecule has 0 atom stereocenters. The lowest BCUT2D eigenvalue weighted by atomic mass is 10.1. The first-order valence-electron chi connectivity index (χ1n) is 5.96. The van der Waals surface area contributed by atoms with Crippen molar-refractivity contribution in [2.24, 2.45) is 0 Å². The van der Waals surface area contributed by atoms with E-state index in [-0.39, 0.29) is 11.6 Å². The minimum atomic E-state index is -0.283. The second-order valence-corrected chi connectivity index (χ2v) is 5.22. The molecule has 2 aromatic rings. The topological polar surface area (TPSA) is 30.0 Å². The quantitative estimate of drug-likeness (QED) is 0.783. The number of halogens is 1. The van der Waals surface area contributed by atoms with Gasteiger partial charge in [-0.2, -0.15) is 0 Å². The summed E-state index contributed by atoms with van der Waals surface area (Å²) in [5.74, 6) is 0.214. The van der Waals surface area contributed by atoms with Crippen LogP contribution in [-0.2, 0) is 11.2 Å². The third kappa shape index (κ3) is 4.17. The Hall–Kier alpha value is -1.68. The van der Waals surface area contributed by atoms with Gasteiger partial charge in [0.05, 0.1) is 10.8 Å². The number of rotatable bonds is 5. The largest absolute Gasteiger partial charge is 0.298 e. The molecule has 0 N–H and O–H groups in total. The number of ketones is 1. The number of hydrogen-bond acceptors (Lipinski definition) is 3. The van der Waals surface area contributed by atoms with E-state index in [1.54, 1.807) is 18.3 Å². The van der Waals surface area contributed by atoms with Gasteiger partial charge in [0.15, 0.2) is 0 Å². The molecular formula is C15H14FNOS. The second kappa shape index (κ2) is 6.48. The molecule has 98 valence electrons. The molecule has 2 nitrogen and oxygen atoms in total. The van der Waals surface area contributed by atoms with E-state index in [9.17, 15) is 9.18 Å². The van der Waals surface area contributed by atoms with Crippen molar-refractivity contribution in [3.63, 3.8) is 0 Å². The maximum atomic E-state index is 12.7. The van der Waals surface area contributed by atoms with E-state index < -0.39 is 0 Å². The van der Waals surface area contributed by atoms with Crippen LogP contribution >= 0.6 is 11.8 Å². The number of carbonyl (C=O) groups is 1. The van der Waals surface area contributed by atoms with E-state index in [0.717, 1.165) is 16.2 Å². The van der Waals surface area contributed by atoms with Crippen molar-refractivity contribution in [2.45, 2.75) is 18.4 Å². The van der Waals surface area contributed by atoms with Crippen LogP contribution in [0.2, 0.25) is 0 Å². The minimum Gasteiger partial charge on any atom is -0.298 e. The van der Waals surface area contributed by atoms with Crippen molar-refractivity contribution < 1.29 is 9.18 Å². The number of nitrogens with zero attached hydrogens (tertiary/aromatic N) is 1. The average molecular weight is 275 g/mol.